The molecule has 0 radical (unpaired) electrons. The van der Waals surface area contributed by atoms with Crippen molar-refractivity contribution in [2.45, 2.75) is 26.8 Å². The van der Waals surface area contributed by atoms with E-state index in [0.29, 0.717) is 22.0 Å². The molecule has 0 bridgehead atoms. The van der Waals surface area contributed by atoms with Crippen molar-refractivity contribution >= 4 is 28.9 Å². The van der Waals surface area contributed by atoms with Crippen LogP contribution < -0.4 is 5.32 Å². The third kappa shape index (κ3) is 3.39. The van der Waals surface area contributed by atoms with Crippen LogP contribution in [-0.4, -0.2) is 6.04 Å². The van der Waals surface area contributed by atoms with Gasteiger partial charge < -0.3 is 5.32 Å². The van der Waals surface area contributed by atoms with Crippen LogP contribution in [0.1, 0.15) is 20.8 Å². The Morgan fingerprint density at radius 3 is 1.93 bits per heavy atom. The zero-order valence-electron chi connectivity index (χ0n) is 8.64. The van der Waals surface area contributed by atoms with Gasteiger partial charge in [-0.1, -0.05) is 37.0 Å². The molecule has 1 nitrogen and oxygen atoms in total. The largest absolute Gasteiger partial charge is 0.382 e. The van der Waals surface area contributed by atoms with Crippen molar-refractivity contribution in [1.29, 1.82) is 0 Å². The van der Waals surface area contributed by atoms with Crippen molar-refractivity contribution in [2.75, 3.05) is 5.32 Å². The second-order valence-electron chi connectivity index (χ2n) is 3.84. The molecule has 0 saturated heterocycles. The van der Waals surface area contributed by atoms with E-state index in [1.165, 1.54) is 0 Å². The van der Waals surface area contributed by atoms with Gasteiger partial charge in [-0.3, -0.25) is 0 Å². The Kier molecular flexibility index (Phi) is 4.09. The maximum absolute atomic E-state index is 5.89. The summed E-state index contributed by atoms with van der Waals surface area (Å²) in [5.74, 6) is 0.577. The number of anilines is 1. The Morgan fingerprint density at radius 1 is 1.00 bits per heavy atom. The Hall–Kier alpha value is -0.400. The molecule has 1 rings (SSSR count). The summed E-state index contributed by atoms with van der Waals surface area (Å²) in [7, 11) is 0. The third-order valence-electron chi connectivity index (χ3n) is 2.26. The van der Waals surface area contributed by atoms with E-state index in [9.17, 15) is 0 Å². The van der Waals surface area contributed by atoms with E-state index in [1.807, 2.05) is 12.1 Å². The fourth-order valence-corrected chi connectivity index (χ4v) is 1.59. The van der Waals surface area contributed by atoms with Gasteiger partial charge in [0.1, 0.15) is 0 Å². The van der Waals surface area contributed by atoms with Crippen molar-refractivity contribution < 1.29 is 0 Å². The second-order valence-corrected chi connectivity index (χ2v) is 4.71. The highest BCUT2D eigenvalue weighted by Crippen LogP contribution is 2.23. The summed E-state index contributed by atoms with van der Waals surface area (Å²) in [6, 6.07) is 5.90. The van der Waals surface area contributed by atoms with Gasteiger partial charge in [-0.2, -0.15) is 0 Å². The molecule has 1 unspecified atom stereocenters. The topological polar surface area (TPSA) is 12.0 Å². The molecule has 1 aromatic carbocycles. The minimum atomic E-state index is 0.407. The Bertz CT molecular complexity index is 290. The summed E-state index contributed by atoms with van der Waals surface area (Å²) >= 11 is 11.8. The third-order valence-corrected chi connectivity index (χ3v) is 2.69. The average Bonchev–Trinajstić information content (AvgIpc) is 2.01. The van der Waals surface area contributed by atoms with Gasteiger partial charge in [-0.25, -0.2) is 0 Å². The average molecular weight is 232 g/mol. The minimum absolute atomic E-state index is 0.407. The maximum Gasteiger partial charge on any atom is 0.0441 e. The molecule has 0 aliphatic rings. The summed E-state index contributed by atoms with van der Waals surface area (Å²) in [6.45, 7) is 6.48. The number of halogens is 2. The highest BCUT2D eigenvalue weighted by atomic mass is 35.5. The summed E-state index contributed by atoms with van der Waals surface area (Å²) in [4.78, 5) is 0. The van der Waals surface area contributed by atoms with Crippen LogP contribution in [0.25, 0.3) is 0 Å². The van der Waals surface area contributed by atoms with Gasteiger partial charge >= 0.3 is 0 Å². The molecule has 1 N–H and O–H groups in total. The molecule has 0 aliphatic carbocycles. The second kappa shape index (κ2) is 4.90. The van der Waals surface area contributed by atoms with Crippen LogP contribution in [0.5, 0.6) is 0 Å². The Balaban J connectivity index is 2.76. The van der Waals surface area contributed by atoms with Crippen molar-refractivity contribution in [3.63, 3.8) is 0 Å². The van der Waals surface area contributed by atoms with E-state index in [4.69, 9.17) is 23.2 Å². The molecular weight excluding hydrogens is 217 g/mol. The van der Waals surface area contributed by atoms with Crippen LogP contribution in [0, 0.1) is 5.92 Å². The molecule has 78 valence electrons. The standard InChI is InChI=1S/C11H15Cl2N/c1-7(2)8(3)14-11-5-9(12)4-10(13)6-11/h4-8,14H,1-3H3. The molecule has 0 fully saturated rings. The van der Waals surface area contributed by atoms with Gasteiger partial charge in [-0.05, 0) is 31.0 Å². The first-order valence-corrected chi connectivity index (χ1v) is 5.47. The van der Waals surface area contributed by atoms with Crippen molar-refractivity contribution in [1.82, 2.24) is 0 Å². The molecule has 0 aliphatic heterocycles. The summed E-state index contributed by atoms with van der Waals surface area (Å²) in [5, 5.41) is 4.68. The molecule has 0 saturated carbocycles. The van der Waals surface area contributed by atoms with Crippen molar-refractivity contribution in [3.05, 3.63) is 28.2 Å². The van der Waals surface area contributed by atoms with E-state index in [2.05, 4.69) is 26.1 Å². The molecule has 14 heavy (non-hydrogen) atoms. The lowest BCUT2D eigenvalue weighted by Gasteiger charge is -2.19. The zero-order chi connectivity index (χ0) is 10.7. The predicted molar refractivity (Wildman–Crippen MR) is 64.4 cm³/mol. The van der Waals surface area contributed by atoms with Crippen molar-refractivity contribution in [3.8, 4) is 0 Å². The molecule has 0 heterocycles. The number of nitrogens with one attached hydrogen (secondary N) is 1. The van der Waals surface area contributed by atoms with Crippen LogP contribution >= 0.6 is 23.2 Å². The molecule has 1 aromatic rings. The Labute approximate surface area is 95.4 Å². The fraction of sp³-hybridized carbons (Fsp3) is 0.455. The van der Waals surface area contributed by atoms with Gasteiger partial charge in [-0.15, -0.1) is 0 Å². The van der Waals surface area contributed by atoms with E-state index in [-0.39, 0.29) is 0 Å². The van der Waals surface area contributed by atoms with E-state index < -0.39 is 0 Å². The molecule has 0 aromatic heterocycles. The summed E-state index contributed by atoms with van der Waals surface area (Å²) < 4.78 is 0. The van der Waals surface area contributed by atoms with Crippen LogP contribution in [0.4, 0.5) is 5.69 Å². The van der Waals surface area contributed by atoms with E-state index in [1.54, 1.807) is 6.07 Å². The highest BCUT2D eigenvalue weighted by Gasteiger charge is 2.07. The van der Waals surface area contributed by atoms with Gasteiger partial charge in [0.15, 0.2) is 0 Å². The zero-order valence-corrected chi connectivity index (χ0v) is 10.2. The number of hydrogen-bond donors (Lipinski definition) is 1. The minimum Gasteiger partial charge on any atom is -0.382 e. The van der Waals surface area contributed by atoms with Crippen LogP contribution in [0.3, 0.4) is 0 Å². The van der Waals surface area contributed by atoms with E-state index in [0.717, 1.165) is 5.69 Å². The first-order valence-electron chi connectivity index (χ1n) is 4.71. The van der Waals surface area contributed by atoms with Crippen LogP contribution in [0.15, 0.2) is 18.2 Å². The number of rotatable bonds is 3. The normalized spacial score (nSPS) is 13.0. The first-order chi connectivity index (χ1) is 6.49. The first kappa shape index (κ1) is 11.7. The predicted octanol–water partition coefficient (Wildman–Crippen LogP) is 4.45. The lowest BCUT2D eigenvalue weighted by Crippen LogP contribution is -2.21. The molecule has 1 atom stereocenters. The van der Waals surface area contributed by atoms with Gasteiger partial charge in [0.05, 0.1) is 0 Å². The molecular formula is C11H15Cl2N. The molecule has 0 amide bonds. The van der Waals surface area contributed by atoms with Crippen molar-refractivity contribution in [2.24, 2.45) is 5.92 Å². The lowest BCUT2D eigenvalue weighted by molar-refractivity contribution is 0.560. The van der Waals surface area contributed by atoms with Gasteiger partial charge in [0.2, 0.25) is 0 Å². The maximum atomic E-state index is 5.89. The monoisotopic (exact) mass is 231 g/mol. The van der Waals surface area contributed by atoms with Crippen LogP contribution in [0.2, 0.25) is 10.0 Å². The van der Waals surface area contributed by atoms with Crippen LogP contribution in [-0.2, 0) is 0 Å². The highest BCUT2D eigenvalue weighted by molar-refractivity contribution is 6.35. The SMILES string of the molecule is CC(C)C(C)Nc1cc(Cl)cc(Cl)c1. The summed E-state index contributed by atoms with van der Waals surface area (Å²) in [5.41, 5.74) is 0.976. The lowest BCUT2D eigenvalue weighted by atomic mass is 10.1. The Morgan fingerprint density at radius 2 is 1.50 bits per heavy atom. The fourth-order valence-electron chi connectivity index (χ4n) is 1.07. The van der Waals surface area contributed by atoms with E-state index >= 15 is 0 Å². The smallest absolute Gasteiger partial charge is 0.0441 e. The van der Waals surface area contributed by atoms with Gasteiger partial charge in [0, 0.05) is 21.8 Å². The number of hydrogen-bond acceptors (Lipinski definition) is 1. The summed E-state index contributed by atoms with van der Waals surface area (Å²) in [6.07, 6.45) is 0. The molecule has 3 heteroatoms. The number of benzene rings is 1. The van der Waals surface area contributed by atoms with Gasteiger partial charge in [0.25, 0.3) is 0 Å². The molecule has 0 spiro atoms. The quantitative estimate of drug-likeness (QED) is 0.811.